The second-order valence-corrected chi connectivity index (χ2v) is 6.71. The summed E-state index contributed by atoms with van der Waals surface area (Å²) in [6.45, 7) is 3.71. The Labute approximate surface area is 153 Å². The molecular formula is C21H20N2OS. The van der Waals surface area contributed by atoms with E-state index < -0.39 is 0 Å². The fourth-order valence-electron chi connectivity index (χ4n) is 3.42. The largest absolute Gasteiger partial charge is 0.508 e. The first-order valence-electron chi connectivity index (χ1n) is 8.53. The van der Waals surface area contributed by atoms with E-state index in [1.807, 2.05) is 12.1 Å². The smallest absolute Gasteiger partial charge is 0.115 e. The van der Waals surface area contributed by atoms with Crippen molar-refractivity contribution in [3.63, 3.8) is 0 Å². The third kappa shape index (κ3) is 3.17. The molecule has 0 atom stereocenters. The normalized spacial score (nSPS) is 14.7. The van der Waals surface area contributed by atoms with Gasteiger partial charge in [0.15, 0.2) is 0 Å². The number of fused-ring (bicyclic) bond motifs is 1. The van der Waals surface area contributed by atoms with Gasteiger partial charge in [-0.05, 0) is 35.7 Å². The second kappa shape index (κ2) is 6.73. The van der Waals surface area contributed by atoms with Crippen molar-refractivity contribution in [1.29, 1.82) is 0 Å². The number of nitrogens with zero attached hydrogens (tertiary/aromatic N) is 2. The van der Waals surface area contributed by atoms with Crippen LogP contribution in [0.2, 0.25) is 0 Å². The first-order chi connectivity index (χ1) is 12.2. The van der Waals surface area contributed by atoms with Gasteiger partial charge < -0.3 is 14.9 Å². The highest BCUT2D eigenvalue weighted by atomic mass is 32.1. The SMILES string of the molecule is Oc1ccc(C(=S)N2CCN(c3cccc4ccccc34)CC2)cc1. The van der Waals surface area contributed by atoms with E-state index in [0.717, 1.165) is 36.7 Å². The Morgan fingerprint density at radius 1 is 0.800 bits per heavy atom. The van der Waals surface area contributed by atoms with E-state index in [1.54, 1.807) is 12.1 Å². The quantitative estimate of drug-likeness (QED) is 0.707. The minimum absolute atomic E-state index is 0.271. The predicted molar refractivity (Wildman–Crippen MR) is 108 cm³/mol. The highest BCUT2D eigenvalue weighted by Crippen LogP contribution is 2.27. The number of piperazine rings is 1. The fraction of sp³-hybridized carbons (Fsp3) is 0.190. The van der Waals surface area contributed by atoms with E-state index >= 15 is 0 Å². The molecule has 3 aromatic carbocycles. The highest BCUT2D eigenvalue weighted by molar-refractivity contribution is 7.80. The van der Waals surface area contributed by atoms with Gasteiger partial charge in [-0.1, -0.05) is 48.6 Å². The lowest BCUT2D eigenvalue weighted by molar-refractivity contribution is 0.392. The predicted octanol–water partition coefficient (Wildman–Crippen LogP) is 4.04. The van der Waals surface area contributed by atoms with Crippen LogP contribution in [0.5, 0.6) is 5.75 Å². The number of phenolic OH excluding ortho intramolecular Hbond substituents is 1. The highest BCUT2D eigenvalue weighted by Gasteiger charge is 2.21. The molecule has 0 aliphatic carbocycles. The zero-order chi connectivity index (χ0) is 17.2. The van der Waals surface area contributed by atoms with Crippen molar-refractivity contribution in [3.05, 3.63) is 72.3 Å². The van der Waals surface area contributed by atoms with Gasteiger partial charge in [-0.2, -0.15) is 0 Å². The van der Waals surface area contributed by atoms with Gasteiger partial charge >= 0.3 is 0 Å². The van der Waals surface area contributed by atoms with Crippen molar-refractivity contribution < 1.29 is 5.11 Å². The molecule has 1 aliphatic heterocycles. The van der Waals surface area contributed by atoms with Gasteiger partial charge in [-0.3, -0.25) is 0 Å². The lowest BCUT2D eigenvalue weighted by Gasteiger charge is -2.38. The van der Waals surface area contributed by atoms with Crippen LogP contribution in [0.25, 0.3) is 10.8 Å². The summed E-state index contributed by atoms with van der Waals surface area (Å²) in [6, 6.07) is 22.2. The molecule has 1 fully saturated rings. The first-order valence-corrected chi connectivity index (χ1v) is 8.94. The Morgan fingerprint density at radius 3 is 2.24 bits per heavy atom. The number of phenols is 1. The molecule has 4 heteroatoms. The second-order valence-electron chi connectivity index (χ2n) is 6.32. The van der Waals surface area contributed by atoms with Crippen LogP contribution >= 0.6 is 12.2 Å². The summed E-state index contributed by atoms with van der Waals surface area (Å²) in [5.74, 6) is 0.271. The van der Waals surface area contributed by atoms with E-state index in [1.165, 1.54) is 16.5 Å². The van der Waals surface area contributed by atoms with Crippen LogP contribution in [-0.2, 0) is 0 Å². The number of hydrogen-bond donors (Lipinski definition) is 1. The van der Waals surface area contributed by atoms with Gasteiger partial charge in [0.2, 0.25) is 0 Å². The van der Waals surface area contributed by atoms with Crippen LogP contribution in [0.15, 0.2) is 66.7 Å². The number of anilines is 1. The van der Waals surface area contributed by atoms with Crippen molar-refractivity contribution in [2.75, 3.05) is 31.1 Å². The van der Waals surface area contributed by atoms with Crippen LogP contribution in [0.3, 0.4) is 0 Å². The molecule has 25 heavy (non-hydrogen) atoms. The molecule has 1 heterocycles. The third-order valence-electron chi connectivity index (χ3n) is 4.79. The lowest BCUT2D eigenvalue weighted by atomic mass is 10.1. The Balaban J connectivity index is 1.49. The molecule has 4 rings (SSSR count). The molecule has 0 unspecified atom stereocenters. The molecule has 126 valence electrons. The van der Waals surface area contributed by atoms with E-state index in [2.05, 4.69) is 52.3 Å². The molecular weight excluding hydrogens is 328 g/mol. The number of hydrogen-bond acceptors (Lipinski definition) is 3. The molecule has 1 aliphatic rings. The van der Waals surface area contributed by atoms with Gasteiger partial charge in [0.25, 0.3) is 0 Å². The topological polar surface area (TPSA) is 26.7 Å². The summed E-state index contributed by atoms with van der Waals surface area (Å²) < 4.78 is 0. The first kappa shape index (κ1) is 15.9. The van der Waals surface area contributed by atoms with Gasteiger partial charge in [0.05, 0.1) is 0 Å². The molecule has 0 spiro atoms. The Hall–Kier alpha value is -2.59. The molecule has 0 bridgehead atoms. The maximum atomic E-state index is 9.43. The van der Waals surface area contributed by atoms with E-state index in [4.69, 9.17) is 12.2 Å². The van der Waals surface area contributed by atoms with Crippen molar-refractivity contribution in [2.45, 2.75) is 0 Å². The fourth-order valence-corrected chi connectivity index (χ4v) is 3.74. The van der Waals surface area contributed by atoms with Crippen molar-refractivity contribution in [1.82, 2.24) is 4.90 Å². The number of rotatable bonds is 2. The van der Waals surface area contributed by atoms with Crippen LogP contribution in [-0.4, -0.2) is 41.2 Å². The Kier molecular flexibility index (Phi) is 4.28. The van der Waals surface area contributed by atoms with Crippen LogP contribution in [0, 0.1) is 0 Å². The lowest BCUT2D eigenvalue weighted by Crippen LogP contribution is -2.48. The zero-order valence-electron chi connectivity index (χ0n) is 13.9. The molecule has 0 radical (unpaired) electrons. The summed E-state index contributed by atoms with van der Waals surface area (Å²) in [6.07, 6.45) is 0. The maximum absolute atomic E-state index is 9.43. The summed E-state index contributed by atoms with van der Waals surface area (Å²) >= 11 is 5.64. The summed E-state index contributed by atoms with van der Waals surface area (Å²) in [7, 11) is 0. The van der Waals surface area contributed by atoms with Crippen LogP contribution in [0.1, 0.15) is 5.56 Å². The van der Waals surface area contributed by atoms with Gasteiger partial charge in [0, 0.05) is 42.8 Å². The monoisotopic (exact) mass is 348 g/mol. The van der Waals surface area contributed by atoms with Crippen LogP contribution in [0.4, 0.5) is 5.69 Å². The standard InChI is InChI=1S/C21H20N2OS/c24-18-10-8-17(9-11-18)21(25)23-14-12-22(13-15-23)20-7-3-5-16-4-1-2-6-19(16)20/h1-11,24H,12-15H2. The van der Waals surface area contributed by atoms with Gasteiger partial charge in [-0.15, -0.1) is 0 Å². The summed E-state index contributed by atoms with van der Waals surface area (Å²) in [5.41, 5.74) is 2.29. The number of aromatic hydroxyl groups is 1. The Morgan fingerprint density at radius 2 is 1.48 bits per heavy atom. The van der Waals surface area contributed by atoms with Crippen LogP contribution < -0.4 is 4.90 Å². The molecule has 0 amide bonds. The summed E-state index contributed by atoms with van der Waals surface area (Å²) in [4.78, 5) is 5.55. The van der Waals surface area contributed by atoms with Crippen molar-refractivity contribution in [3.8, 4) is 5.75 Å². The van der Waals surface area contributed by atoms with Crippen molar-refractivity contribution >= 4 is 33.7 Å². The number of benzene rings is 3. The average molecular weight is 348 g/mol. The Bertz CT molecular complexity index is 894. The molecule has 1 saturated heterocycles. The molecule has 1 N–H and O–H groups in total. The number of thiocarbonyl (C=S) groups is 1. The molecule has 3 nitrogen and oxygen atoms in total. The van der Waals surface area contributed by atoms with E-state index in [-0.39, 0.29) is 5.75 Å². The minimum Gasteiger partial charge on any atom is -0.508 e. The van der Waals surface area contributed by atoms with Gasteiger partial charge in [-0.25, -0.2) is 0 Å². The molecule has 3 aromatic rings. The third-order valence-corrected chi connectivity index (χ3v) is 5.28. The van der Waals surface area contributed by atoms with Crippen molar-refractivity contribution in [2.24, 2.45) is 0 Å². The average Bonchev–Trinajstić information content (AvgIpc) is 2.68. The van der Waals surface area contributed by atoms with Gasteiger partial charge in [0.1, 0.15) is 10.7 Å². The maximum Gasteiger partial charge on any atom is 0.115 e. The molecule has 0 aromatic heterocycles. The summed E-state index contributed by atoms with van der Waals surface area (Å²) in [5, 5.41) is 12.0. The zero-order valence-corrected chi connectivity index (χ0v) is 14.7. The van der Waals surface area contributed by atoms with E-state index in [9.17, 15) is 5.11 Å². The molecule has 0 saturated carbocycles. The van der Waals surface area contributed by atoms with E-state index in [0.29, 0.717) is 0 Å². The minimum atomic E-state index is 0.271.